The molecule has 2 aromatic carbocycles. The standard InChI is InChI=1S/C30H36N4O2/c1-18-4-2-3-5-25(18)34-29(35)21-10-8-20(9-11-21)28-32-26-15-14-24(17-27(26)33-28)31-30(36)23-13-7-19-6-12-22(19)16-23/h8-11,14-15,17-19,22-23,25H,2-7,12-13,16H2,1H3,(H,31,36)(H,32,33)(H,34,35). The van der Waals surface area contributed by atoms with Crippen molar-refractivity contribution in [2.75, 3.05) is 5.32 Å². The van der Waals surface area contributed by atoms with Crippen LogP contribution in [0, 0.1) is 23.7 Å². The highest BCUT2D eigenvalue weighted by molar-refractivity contribution is 5.96. The van der Waals surface area contributed by atoms with Gasteiger partial charge in [0.2, 0.25) is 5.91 Å². The number of aromatic nitrogens is 2. The number of hydrogen-bond acceptors (Lipinski definition) is 3. The molecule has 0 saturated heterocycles. The molecule has 3 aliphatic rings. The van der Waals surface area contributed by atoms with Crippen LogP contribution in [0.15, 0.2) is 42.5 Å². The third-order valence-corrected chi connectivity index (χ3v) is 9.02. The first-order valence-corrected chi connectivity index (χ1v) is 13.8. The molecular formula is C30H36N4O2. The molecule has 0 bridgehead atoms. The molecule has 5 unspecified atom stereocenters. The van der Waals surface area contributed by atoms with Gasteiger partial charge < -0.3 is 15.6 Å². The number of carbonyl (C=O) groups excluding carboxylic acids is 2. The van der Waals surface area contributed by atoms with E-state index in [0.717, 1.165) is 59.2 Å². The fourth-order valence-electron chi connectivity index (χ4n) is 6.50. The van der Waals surface area contributed by atoms with Gasteiger partial charge in [0, 0.05) is 28.8 Å². The molecule has 6 heteroatoms. The summed E-state index contributed by atoms with van der Waals surface area (Å²) in [5.74, 6) is 3.21. The minimum atomic E-state index is -0.00363. The van der Waals surface area contributed by atoms with E-state index in [-0.39, 0.29) is 23.8 Å². The molecule has 3 saturated carbocycles. The topological polar surface area (TPSA) is 86.9 Å². The summed E-state index contributed by atoms with van der Waals surface area (Å²) in [6.07, 6.45) is 10.6. The van der Waals surface area contributed by atoms with Gasteiger partial charge in [0.05, 0.1) is 11.0 Å². The Morgan fingerprint density at radius 2 is 1.69 bits per heavy atom. The van der Waals surface area contributed by atoms with E-state index in [0.29, 0.717) is 11.5 Å². The summed E-state index contributed by atoms with van der Waals surface area (Å²) < 4.78 is 0. The lowest BCUT2D eigenvalue weighted by Crippen LogP contribution is -2.41. The van der Waals surface area contributed by atoms with E-state index < -0.39 is 0 Å². The Bertz CT molecular complexity index is 1260. The highest BCUT2D eigenvalue weighted by Crippen LogP contribution is 2.47. The number of anilines is 1. The first-order chi connectivity index (χ1) is 17.5. The number of H-pyrrole nitrogens is 1. The van der Waals surface area contributed by atoms with E-state index in [1.54, 1.807) is 0 Å². The predicted molar refractivity (Wildman–Crippen MR) is 143 cm³/mol. The molecule has 0 spiro atoms. The third-order valence-electron chi connectivity index (χ3n) is 9.02. The maximum Gasteiger partial charge on any atom is 0.251 e. The number of carbonyl (C=O) groups is 2. The van der Waals surface area contributed by atoms with Crippen molar-refractivity contribution in [3.63, 3.8) is 0 Å². The van der Waals surface area contributed by atoms with Crippen LogP contribution in [0.5, 0.6) is 0 Å². The second-order valence-electron chi connectivity index (χ2n) is 11.3. The summed E-state index contributed by atoms with van der Waals surface area (Å²) >= 11 is 0. The molecule has 2 amide bonds. The zero-order chi connectivity index (χ0) is 24.6. The van der Waals surface area contributed by atoms with Crippen molar-refractivity contribution in [3.8, 4) is 11.4 Å². The van der Waals surface area contributed by atoms with Crippen molar-refractivity contribution in [2.24, 2.45) is 23.7 Å². The fraction of sp³-hybridized carbons (Fsp3) is 0.500. The summed E-state index contributed by atoms with van der Waals surface area (Å²) in [7, 11) is 0. The summed E-state index contributed by atoms with van der Waals surface area (Å²) in [6.45, 7) is 2.23. The van der Waals surface area contributed by atoms with Gasteiger partial charge in [0.15, 0.2) is 0 Å². The number of benzene rings is 2. The molecule has 36 heavy (non-hydrogen) atoms. The molecule has 6 rings (SSSR count). The van der Waals surface area contributed by atoms with Crippen LogP contribution in [-0.2, 0) is 4.79 Å². The van der Waals surface area contributed by atoms with Crippen LogP contribution in [0.4, 0.5) is 5.69 Å². The van der Waals surface area contributed by atoms with Gasteiger partial charge in [-0.15, -0.1) is 0 Å². The molecule has 3 aliphatic carbocycles. The second kappa shape index (κ2) is 9.72. The molecule has 0 radical (unpaired) electrons. The van der Waals surface area contributed by atoms with Gasteiger partial charge in [0.25, 0.3) is 5.91 Å². The summed E-state index contributed by atoms with van der Waals surface area (Å²) in [4.78, 5) is 33.7. The van der Waals surface area contributed by atoms with E-state index in [1.165, 1.54) is 38.5 Å². The first kappa shape index (κ1) is 23.3. The molecular weight excluding hydrogens is 448 g/mol. The Morgan fingerprint density at radius 3 is 2.44 bits per heavy atom. The van der Waals surface area contributed by atoms with Crippen molar-refractivity contribution < 1.29 is 9.59 Å². The molecule has 3 fully saturated rings. The van der Waals surface area contributed by atoms with Crippen molar-refractivity contribution in [1.29, 1.82) is 0 Å². The number of amides is 2. The maximum atomic E-state index is 12.9. The average Bonchev–Trinajstić information content (AvgIpc) is 3.30. The molecule has 5 atom stereocenters. The van der Waals surface area contributed by atoms with Crippen molar-refractivity contribution in [3.05, 3.63) is 48.0 Å². The lowest BCUT2D eigenvalue weighted by atomic mass is 9.62. The quantitative estimate of drug-likeness (QED) is 0.397. The van der Waals surface area contributed by atoms with Gasteiger partial charge in [-0.05, 0) is 93.0 Å². The minimum absolute atomic E-state index is 0.00363. The zero-order valence-electron chi connectivity index (χ0n) is 21.1. The summed E-state index contributed by atoms with van der Waals surface area (Å²) in [5, 5.41) is 6.36. The normalized spacial score (nSPS) is 27.6. The van der Waals surface area contributed by atoms with Gasteiger partial charge in [0.1, 0.15) is 5.82 Å². The molecule has 188 valence electrons. The zero-order valence-corrected chi connectivity index (χ0v) is 21.1. The van der Waals surface area contributed by atoms with Crippen molar-refractivity contribution in [1.82, 2.24) is 15.3 Å². The number of fused-ring (bicyclic) bond motifs is 2. The molecule has 1 heterocycles. The molecule has 3 N–H and O–H groups in total. The lowest BCUT2D eigenvalue weighted by Gasteiger charge is -2.43. The van der Waals surface area contributed by atoms with E-state index in [9.17, 15) is 9.59 Å². The highest BCUT2D eigenvalue weighted by atomic mass is 16.2. The predicted octanol–water partition coefficient (Wildman–Crippen LogP) is 6.30. The summed E-state index contributed by atoms with van der Waals surface area (Å²) in [6, 6.07) is 13.7. The van der Waals surface area contributed by atoms with Crippen molar-refractivity contribution >= 4 is 28.5 Å². The largest absolute Gasteiger partial charge is 0.349 e. The van der Waals surface area contributed by atoms with Crippen LogP contribution in [0.2, 0.25) is 0 Å². The van der Waals surface area contributed by atoms with Crippen molar-refractivity contribution in [2.45, 2.75) is 70.8 Å². The number of nitrogens with zero attached hydrogens (tertiary/aromatic N) is 1. The first-order valence-electron chi connectivity index (χ1n) is 13.8. The highest BCUT2D eigenvalue weighted by Gasteiger charge is 2.38. The van der Waals surface area contributed by atoms with E-state index in [1.807, 2.05) is 42.5 Å². The number of hydrogen-bond donors (Lipinski definition) is 3. The smallest absolute Gasteiger partial charge is 0.251 e. The van der Waals surface area contributed by atoms with Gasteiger partial charge in [-0.3, -0.25) is 9.59 Å². The molecule has 0 aliphatic heterocycles. The number of rotatable bonds is 5. The molecule has 6 nitrogen and oxygen atoms in total. The summed E-state index contributed by atoms with van der Waals surface area (Å²) in [5.41, 5.74) is 4.15. The maximum absolute atomic E-state index is 12.9. The van der Waals surface area contributed by atoms with Gasteiger partial charge in [-0.25, -0.2) is 4.98 Å². The van der Waals surface area contributed by atoms with Crippen LogP contribution in [0.1, 0.15) is 75.1 Å². The average molecular weight is 485 g/mol. The van der Waals surface area contributed by atoms with Crippen LogP contribution in [-0.4, -0.2) is 27.8 Å². The molecule has 1 aromatic heterocycles. The van der Waals surface area contributed by atoms with Gasteiger partial charge in [-0.1, -0.05) is 31.9 Å². The van der Waals surface area contributed by atoms with Gasteiger partial charge >= 0.3 is 0 Å². The Morgan fingerprint density at radius 1 is 0.917 bits per heavy atom. The fourth-order valence-corrected chi connectivity index (χ4v) is 6.50. The lowest BCUT2D eigenvalue weighted by molar-refractivity contribution is -0.122. The number of aromatic amines is 1. The van der Waals surface area contributed by atoms with Crippen LogP contribution >= 0.6 is 0 Å². The molecule has 3 aromatic rings. The Kier molecular flexibility index (Phi) is 6.28. The number of imidazole rings is 1. The number of nitrogens with one attached hydrogen (secondary N) is 3. The van der Waals surface area contributed by atoms with Crippen LogP contribution in [0.3, 0.4) is 0 Å². The second-order valence-corrected chi connectivity index (χ2v) is 11.3. The Hall–Kier alpha value is -3.15. The van der Waals surface area contributed by atoms with Crippen LogP contribution < -0.4 is 10.6 Å². The Balaban J connectivity index is 1.11. The van der Waals surface area contributed by atoms with E-state index >= 15 is 0 Å². The van der Waals surface area contributed by atoms with Gasteiger partial charge in [-0.2, -0.15) is 0 Å². The van der Waals surface area contributed by atoms with Crippen LogP contribution in [0.25, 0.3) is 22.4 Å². The third kappa shape index (κ3) is 4.65. The van der Waals surface area contributed by atoms with E-state index in [2.05, 4.69) is 22.5 Å². The Labute approximate surface area is 212 Å². The minimum Gasteiger partial charge on any atom is -0.349 e. The van der Waals surface area contributed by atoms with E-state index in [4.69, 9.17) is 4.98 Å². The monoisotopic (exact) mass is 484 g/mol. The SMILES string of the molecule is CC1CCCCC1NC(=O)c1ccc(-c2nc3ccc(NC(=O)C4CCC5CCC5C4)cc3[nH]2)cc1.